The maximum absolute atomic E-state index is 11.7. The lowest BCUT2D eigenvalue weighted by atomic mass is 9.98. The van der Waals surface area contributed by atoms with Crippen LogP contribution < -0.4 is 0 Å². The zero-order chi connectivity index (χ0) is 11.8. The lowest BCUT2D eigenvalue weighted by molar-refractivity contribution is 0.0455. The van der Waals surface area contributed by atoms with Gasteiger partial charge in [0.1, 0.15) is 0 Å². The van der Waals surface area contributed by atoms with E-state index in [4.69, 9.17) is 4.74 Å². The summed E-state index contributed by atoms with van der Waals surface area (Å²) in [6.07, 6.45) is -0.251. The average Bonchev–Trinajstić information content (AvgIpc) is 2.68. The molecule has 2 nitrogen and oxygen atoms in total. The summed E-state index contributed by atoms with van der Waals surface area (Å²) < 4.78 is 5.43. The van der Waals surface area contributed by atoms with E-state index < -0.39 is 0 Å². The van der Waals surface area contributed by atoms with E-state index in [-0.39, 0.29) is 12.1 Å². The monoisotopic (exact) mass is 224 g/mol. The molecule has 0 saturated carbocycles. The lowest BCUT2D eigenvalue weighted by Crippen LogP contribution is -2.00. The van der Waals surface area contributed by atoms with Gasteiger partial charge in [0, 0.05) is 5.56 Å². The summed E-state index contributed by atoms with van der Waals surface area (Å²) in [6.45, 7) is 2.03. The summed E-state index contributed by atoms with van der Waals surface area (Å²) in [7, 11) is 0. The van der Waals surface area contributed by atoms with Crippen LogP contribution in [0.1, 0.15) is 33.2 Å². The van der Waals surface area contributed by atoms with Crippen LogP contribution in [0.25, 0.3) is 0 Å². The van der Waals surface area contributed by atoms with Crippen LogP contribution in [0.2, 0.25) is 0 Å². The summed E-state index contributed by atoms with van der Waals surface area (Å²) in [6, 6.07) is 15.6. The Balaban J connectivity index is 2.10. The molecule has 0 N–H and O–H groups in total. The number of aryl methyl sites for hydroxylation is 1. The van der Waals surface area contributed by atoms with Crippen LogP contribution in [-0.4, -0.2) is 5.97 Å². The molecule has 0 saturated heterocycles. The van der Waals surface area contributed by atoms with Gasteiger partial charge in [-0.3, -0.25) is 0 Å². The number of esters is 1. The Labute approximate surface area is 99.9 Å². The van der Waals surface area contributed by atoms with E-state index in [2.05, 4.69) is 6.07 Å². The Morgan fingerprint density at radius 3 is 2.71 bits per heavy atom. The highest BCUT2D eigenvalue weighted by Gasteiger charge is 2.31. The number of cyclic esters (lactones) is 1. The van der Waals surface area contributed by atoms with E-state index in [0.29, 0.717) is 5.56 Å². The third-order valence-corrected chi connectivity index (χ3v) is 3.03. The molecule has 1 aliphatic rings. The first-order valence-electron chi connectivity index (χ1n) is 5.62. The van der Waals surface area contributed by atoms with Gasteiger partial charge in [-0.05, 0) is 18.6 Å². The minimum absolute atomic E-state index is 0.230. The Kier molecular flexibility index (Phi) is 2.22. The lowest BCUT2D eigenvalue weighted by Gasteiger charge is -2.11. The maximum Gasteiger partial charge on any atom is 0.339 e. The second-order valence-electron chi connectivity index (χ2n) is 4.29. The van der Waals surface area contributed by atoms with E-state index in [1.54, 1.807) is 0 Å². The summed E-state index contributed by atoms with van der Waals surface area (Å²) >= 11 is 0. The molecule has 0 bridgehead atoms. The number of rotatable bonds is 1. The van der Waals surface area contributed by atoms with Gasteiger partial charge >= 0.3 is 5.97 Å². The van der Waals surface area contributed by atoms with Crippen molar-refractivity contribution in [2.24, 2.45) is 0 Å². The first-order valence-corrected chi connectivity index (χ1v) is 5.62. The van der Waals surface area contributed by atoms with Crippen LogP contribution >= 0.6 is 0 Å². The molecule has 2 aromatic rings. The Hall–Kier alpha value is -2.09. The molecule has 0 fully saturated rings. The minimum atomic E-state index is -0.251. The largest absolute Gasteiger partial charge is 0.449 e. The number of hydrogen-bond acceptors (Lipinski definition) is 2. The Bertz CT molecular complexity index is 587. The van der Waals surface area contributed by atoms with E-state index in [1.165, 1.54) is 5.56 Å². The van der Waals surface area contributed by atoms with Crippen LogP contribution in [-0.2, 0) is 4.74 Å². The molecule has 3 rings (SSSR count). The van der Waals surface area contributed by atoms with Gasteiger partial charge in [0.25, 0.3) is 0 Å². The fourth-order valence-corrected chi connectivity index (χ4v) is 2.23. The second kappa shape index (κ2) is 3.74. The number of fused-ring (bicyclic) bond motifs is 1. The van der Waals surface area contributed by atoms with Gasteiger partial charge in [-0.1, -0.05) is 48.0 Å². The van der Waals surface area contributed by atoms with Crippen LogP contribution in [0.3, 0.4) is 0 Å². The Morgan fingerprint density at radius 1 is 1.06 bits per heavy atom. The quantitative estimate of drug-likeness (QED) is 0.695. The minimum Gasteiger partial charge on any atom is -0.449 e. The van der Waals surface area contributed by atoms with Crippen molar-refractivity contribution in [3.8, 4) is 0 Å². The molecule has 0 spiro atoms. The van der Waals surface area contributed by atoms with Crippen molar-refractivity contribution in [3.63, 3.8) is 0 Å². The molecule has 84 valence electrons. The molecule has 0 radical (unpaired) electrons. The molecule has 0 aliphatic carbocycles. The van der Waals surface area contributed by atoms with Gasteiger partial charge in [0.15, 0.2) is 6.10 Å². The molecule has 1 aliphatic heterocycles. The van der Waals surface area contributed by atoms with Gasteiger partial charge < -0.3 is 4.74 Å². The average molecular weight is 224 g/mol. The maximum atomic E-state index is 11.7. The predicted molar refractivity (Wildman–Crippen MR) is 64.9 cm³/mol. The van der Waals surface area contributed by atoms with E-state index in [0.717, 1.165) is 11.1 Å². The zero-order valence-corrected chi connectivity index (χ0v) is 9.51. The molecule has 2 heteroatoms. The third kappa shape index (κ3) is 1.62. The Morgan fingerprint density at radius 2 is 1.88 bits per heavy atom. The number of hydrogen-bond donors (Lipinski definition) is 0. The standard InChI is InChI=1S/C15H12O2/c1-10-5-4-6-11(9-10)14-12-7-2-3-8-13(12)15(16)17-14/h2-9,14H,1H3/t14-/m1/s1. The molecular formula is C15H12O2. The van der Waals surface area contributed by atoms with Gasteiger partial charge in [-0.25, -0.2) is 4.79 Å². The molecule has 0 amide bonds. The van der Waals surface area contributed by atoms with Gasteiger partial charge in [-0.15, -0.1) is 0 Å². The van der Waals surface area contributed by atoms with Crippen LogP contribution in [0.5, 0.6) is 0 Å². The molecule has 17 heavy (non-hydrogen) atoms. The number of benzene rings is 2. The number of carbonyl (C=O) groups excluding carboxylic acids is 1. The van der Waals surface area contributed by atoms with Gasteiger partial charge in [0.05, 0.1) is 5.56 Å². The fraction of sp³-hybridized carbons (Fsp3) is 0.133. The number of carbonyl (C=O) groups is 1. The van der Waals surface area contributed by atoms with Crippen LogP contribution in [0, 0.1) is 6.92 Å². The summed E-state index contributed by atoms with van der Waals surface area (Å²) in [5.41, 5.74) is 3.84. The van der Waals surface area contributed by atoms with Crippen LogP contribution in [0.15, 0.2) is 48.5 Å². The van der Waals surface area contributed by atoms with E-state index in [9.17, 15) is 4.79 Å². The van der Waals surface area contributed by atoms with Crippen LogP contribution in [0.4, 0.5) is 0 Å². The van der Waals surface area contributed by atoms with Gasteiger partial charge in [0.2, 0.25) is 0 Å². The summed E-state index contributed by atoms with van der Waals surface area (Å²) in [5.74, 6) is -0.230. The van der Waals surface area contributed by atoms with Crippen molar-refractivity contribution in [3.05, 3.63) is 70.8 Å². The van der Waals surface area contributed by atoms with Crippen molar-refractivity contribution < 1.29 is 9.53 Å². The summed E-state index contributed by atoms with van der Waals surface area (Å²) in [5, 5.41) is 0. The van der Waals surface area contributed by atoms with E-state index in [1.807, 2.05) is 49.4 Å². The molecule has 1 heterocycles. The van der Waals surface area contributed by atoms with Crippen molar-refractivity contribution in [1.29, 1.82) is 0 Å². The highest BCUT2D eigenvalue weighted by molar-refractivity contribution is 5.94. The first kappa shape index (κ1) is 10.1. The second-order valence-corrected chi connectivity index (χ2v) is 4.29. The van der Waals surface area contributed by atoms with Crippen molar-refractivity contribution >= 4 is 5.97 Å². The van der Waals surface area contributed by atoms with Crippen molar-refractivity contribution in [2.45, 2.75) is 13.0 Å². The SMILES string of the molecule is Cc1cccc([C@H]2OC(=O)c3ccccc32)c1. The topological polar surface area (TPSA) is 26.3 Å². The molecule has 2 aromatic carbocycles. The highest BCUT2D eigenvalue weighted by atomic mass is 16.5. The first-order chi connectivity index (χ1) is 8.25. The third-order valence-electron chi connectivity index (χ3n) is 3.03. The summed E-state index contributed by atoms with van der Waals surface area (Å²) in [4.78, 5) is 11.7. The van der Waals surface area contributed by atoms with Crippen molar-refractivity contribution in [1.82, 2.24) is 0 Å². The molecular weight excluding hydrogens is 212 g/mol. The zero-order valence-electron chi connectivity index (χ0n) is 9.51. The van der Waals surface area contributed by atoms with Gasteiger partial charge in [-0.2, -0.15) is 0 Å². The molecule has 1 atom stereocenters. The van der Waals surface area contributed by atoms with E-state index >= 15 is 0 Å². The normalized spacial score (nSPS) is 17.7. The smallest absolute Gasteiger partial charge is 0.339 e. The molecule has 0 aromatic heterocycles. The molecule has 0 unspecified atom stereocenters. The highest BCUT2D eigenvalue weighted by Crippen LogP contribution is 2.35. The number of ether oxygens (including phenoxy) is 1. The predicted octanol–water partition coefficient (Wildman–Crippen LogP) is 3.25. The van der Waals surface area contributed by atoms with Crippen molar-refractivity contribution in [2.75, 3.05) is 0 Å². The fourth-order valence-electron chi connectivity index (χ4n) is 2.23.